The van der Waals surface area contributed by atoms with E-state index in [1.807, 2.05) is 0 Å². The Morgan fingerprint density at radius 3 is 1.81 bits per heavy atom. The molecule has 0 amide bonds. The fraction of sp³-hybridized carbons (Fsp3) is 0.100. The van der Waals surface area contributed by atoms with Crippen molar-refractivity contribution in [3.63, 3.8) is 0 Å². The SMILES string of the molecule is CCNc1ccc(-c2ccccc2)c(-c2ccccc2)c1. The molecular formula is C20H19N. The van der Waals surface area contributed by atoms with Gasteiger partial charge in [-0.3, -0.25) is 0 Å². The number of rotatable bonds is 4. The third-order valence-corrected chi connectivity index (χ3v) is 3.57. The fourth-order valence-electron chi connectivity index (χ4n) is 2.58. The topological polar surface area (TPSA) is 12.0 Å². The van der Waals surface area contributed by atoms with Crippen LogP contribution >= 0.6 is 0 Å². The predicted molar refractivity (Wildman–Crippen MR) is 91.5 cm³/mol. The van der Waals surface area contributed by atoms with Crippen LogP contribution in [0.5, 0.6) is 0 Å². The van der Waals surface area contributed by atoms with Gasteiger partial charge in [0.25, 0.3) is 0 Å². The minimum absolute atomic E-state index is 0.929. The standard InChI is InChI=1S/C20H19N/c1-2-21-18-13-14-19(16-9-5-3-6-10-16)20(15-18)17-11-7-4-8-12-17/h3-15,21H,2H2,1H3. The Kier molecular flexibility index (Phi) is 4.02. The van der Waals surface area contributed by atoms with Crippen molar-refractivity contribution in [3.8, 4) is 22.3 Å². The molecule has 0 aliphatic heterocycles. The molecule has 0 aliphatic carbocycles. The Morgan fingerprint density at radius 1 is 0.667 bits per heavy atom. The van der Waals surface area contributed by atoms with Crippen LogP contribution in [-0.4, -0.2) is 6.54 Å². The van der Waals surface area contributed by atoms with E-state index in [0.717, 1.165) is 12.2 Å². The molecule has 0 heterocycles. The number of hydrogen-bond acceptors (Lipinski definition) is 1. The van der Waals surface area contributed by atoms with Crippen LogP contribution in [-0.2, 0) is 0 Å². The van der Waals surface area contributed by atoms with Gasteiger partial charge in [0.1, 0.15) is 0 Å². The summed E-state index contributed by atoms with van der Waals surface area (Å²) in [7, 11) is 0. The molecule has 104 valence electrons. The van der Waals surface area contributed by atoms with Crippen molar-refractivity contribution < 1.29 is 0 Å². The average Bonchev–Trinajstić information content (AvgIpc) is 2.57. The van der Waals surface area contributed by atoms with Gasteiger partial charge in [-0.15, -0.1) is 0 Å². The van der Waals surface area contributed by atoms with Gasteiger partial charge in [-0.2, -0.15) is 0 Å². The summed E-state index contributed by atoms with van der Waals surface area (Å²) >= 11 is 0. The fourth-order valence-corrected chi connectivity index (χ4v) is 2.58. The zero-order valence-electron chi connectivity index (χ0n) is 12.2. The van der Waals surface area contributed by atoms with Gasteiger partial charge in [0.2, 0.25) is 0 Å². The van der Waals surface area contributed by atoms with Gasteiger partial charge >= 0.3 is 0 Å². The van der Waals surface area contributed by atoms with Gasteiger partial charge < -0.3 is 5.32 Å². The molecule has 0 radical (unpaired) electrons. The first-order chi connectivity index (χ1) is 10.4. The van der Waals surface area contributed by atoms with Crippen LogP contribution in [0.1, 0.15) is 6.92 Å². The lowest BCUT2D eigenvalue weighted by molar-refractivity contribution is 1.21. The van der Waals surface area contributed by atoms with E-state index in [-0.39, 0.29) is 0 Å². The van der Waals surface area contributed by atoms with E-state index in [9.17, 15) is 0 Å². The highest BCUT2D eigenvalue weighted by atomic mass is 14.8. The molecule has 0 atom stereocenters. The Hall–Kier alpha value is -2.54. The molecule has 0 saturated heterocycles. The average molecular weight is 273 g/mol. The van der Waals surface area contributed by atoms with Gasteiger partial charge in [-0.1, -0.05) is 66.7 Å². The third-order valence-electron chi connectivity index (χ3n) is 3.57. The molecule has 0 aliphatic rings. The number of nitrogens with one attached hydrogen (secondary N) is 1. The number of benzene rings is 3. The van der Waals surface area contributed by atoms with Crippen molar-refractivity contribution in [1.82, 2.24) is 0 Å². The van der Waals surface area contributed by atoms with Crippen LogP contribution in [0.15, 0.2) is 78.9 Å². The monoisotopic (exact) mass is 273 g/mol. The van der Waals surface area contributed by atoms with Crippen LogP contribution < -0.4 is 5.32 Å². The molecule has 21 heavy (non-hydrogen) atoms. The van der Waals surface area contributed by atoms with E-state index in [1.165, 1.54) is 22.3 Å². The molecule has 0 fully saturated rings. The first kappa shape index (κ1) is 13.4. The van der Waals surface area contributed by atoms with E-state index < -0.39 is 0 Å². The second-order valence-corrected chi connectivity index (χ2v) is 5.02. The van der Waals surface area contributed by atoms with Crippen LogP contribution in [0.2, 0.25) is 0 Å². The molecule has 0 spiro atoms. The largest absolute Gasteiger partial charge is 0.385 e. The normalized spacial score (nSPS) is 10.3. The Labute approximate surface area is 126 Å². The highest BCUT2D eigenvalue weighted by Crippen LogP contribution is 2.34. The predicted octanol–water partition coefficient (Wildman–Crippen LogP) is 5.45. The van der Waals surface area contributed by atoms with Crippen molar-refractivity contribution in [3.05, 3.63) is 78.9 Å². The molecule has 0 bridgehead atoms. The molecule has 3 aromatic rings. The van der Waals surface area contributed by atoms with Crippen LogP contribution in [0.3, 0.4) is 0 Å². The molecule has 0 saturated carbocycles. The third kappa shape index (κ3) is 2.97. The molecule has 3 aromatic carbocycles. The Morgan fingerprint density at radius 2 is 1.24 bits per heavy atom. The Balaban J connectivity index is 2.16. The second kappa shape index (κ2) is 6.27. The van der Waals surface area contributed by atoms with Crippen molar-refractivity contribution in [2.45, 2.75) is 6.92 Å². The Bertz CT molecular complexity index is 702. The van der Waals surface area contributed by atoms with Crippen LogP contribution in [0.25, 0.3) is 22.3 Å². The van der Waals surface area contributed by atoms with Gasteiger partial charge in [0, 0.05) is 12.2 Å². The van der Waals surface area contributed by atoms with E-state index >= 15 is 0 Å². The smallest absolute Gasteiger partial charge is 0.0346 e. The molecule has 0 unspecified atom stereocenters. The number of anilines is 1. The van der Waals surface area contributed by atoms with Crippen molar-refractivity contribution in [2.24, 2.45) is 0 Å². The van der Waals surface area contributed by atoms with Crippen molar-refractivity contribution in [1.29, 1.82) is 0 Å². The molecule has 1 nitrogen and oxygen atoms in total. The maximum Gasteiger partial charge on any atom is 0.0346 e. The van der Waals surface area contributed by atoms with Gasteiger partial charge in [-0.25, -0.2) is 0 Å². The van der Waals surface area contributed by atoms with E-state index in [2.05, 4.69) is 91.1 Å². The summed E-state index contributed by atoms with van der Waals surface area (Å²) in [5, 5.41) is 3.40. The maximum atomic E-state index is 3.40. The van der Waals surface area contributed by atoms with E-state index in [0.29, 0.717) is 0 Å². The summed E-state index contributed by atoms with van der Waals surface area (Å²) in [6.07, 6.45) is 0. The highest BCUT2D eigenvalue weighted by Gasteiger charge is 2.08. The maximum absolute atomic E-state index is 3.40. The first-order valence-corrected chi connectivity index (χ1v) is 7.37. The molecule has 1 N–H and O–H groups in total. The van der Waals surface area contributed by atoms with Gasteiger partial charge in [-0.05, 0) is 41.3 Å². The quantitative estimate of drug-likeness (QED) is 0.666. The van der Waals surface area contributed by atoms with Crippen molar-refractivity contribution in [2.75, 3.05) is 11.9 Å². The van der Waals surface area contributed by atoms with Crippen LogP contribution in [0.4, 0.5) is 5.69 Å². The lowest BCUT2D eigenvalue weighted by atomic mass is 9.94. The highest BCUT2D eigenvalue weighted by molar-refractivity contribution is 5.85. The summed E-state index contributed by atoms with van der Waals surface area (Å²) in [5.41, 5.74) is 6.19. The van der Waals surface area contributed by atoms with Gasteiger partial charge in [0.15, 0.2) is 0 Å². The van der Waals surface area contributed by atoms with Gasteiger partial charge in [0.05, 0.1) is 0 Å². The summed E-state index contributed by atoms with van der Waals surface area (Å²) < 4.78 is 0. The van der Waals surface area contributed by atoms with E-state index in [1.54, 1.807) is 0 Å². The lowest BCUT2D eigenvalue weighted by Gasteiger charge is -2.13. The zero-order valence-corrected chi connectivity index (χ0v) is 12.2. The minimum atomic E-state index is 0.929. The van der Waals surface area contributed by atoms with E-state index in [4.69, 9.17) is 0 Å². The lowest BCUT2D eigenvalue weighted by Crippen LogP contribution is -1.97. The molecule has 0 aromatic heterocycles. The summed E-state index contributed by atoms with van der Waals surface area (Å²) in [6, 6.07) is 27.7. The summed E-state index contributed by atoms with van der Waals surface area (Å²) in [4.78, 5) is 0. The number of hydrogen-bond donors (Lipinski definition) is 1. The van der Waals surface area contributed by atoms with Crippen molar-refractivity contribution >= 4 is 5.69 Å². The molecule has 1 heteroatoms. The minimum Gasteiger partial charge on any atom is -0.385 e. The molecular weight excluding hydrogens is 254 g/mol. The summed E-state index contributed by atoms with van der Waals surface area (Å²) in [6.45, 7) is 3.05. The second-order valence-electron chi connectivity index (χ2n) is 5.02. The zero-order chi connectivity index (χ0) is 14.5. The first-order valence-electron chi connectivity index (χ1n) is 7.37. The summed E-state index contributed by atoms with van der Waals surface area (Å²) in [5.74, 6) is 0. The van der Waals surface area contributed by atoms with Crippen LogP contribution in [0, 0.1) is 0 Å². The molecule has 3 rings (SSSR count).